The van der Waals surface area contributed by atoms with Crippen LogP contribution < -0.4 is 9.47 Å². The molecule has 3 aromatic rings. The molecule has 1 N–H and O–H groups in total. The van der Waals surface area contributed by atoms with E-state index in [9.17, 15) is 14.7 Å². The van der Waals surface area contributed by atoms with E-state index in [-0.39, 0.29) is 5.56 Å². The molecule has 0 spiro atoms. The van der Waals surface area contributed by atoms with Gasteiger partial charge in [0.25, 0.3) is 0 Å². The molecule has 0 aromatic heterocycles. The smallest absolute Gasteiger partial charge is 0.348 e. The number of carbonyl (C=O) groups is 2. The van der Waals surface area contributed by atoms with Crippen LogP contribution in [0.2, 0.25) is 0 Å². The van der Waals surface area contributed by atoms with Gasteiger partial charge in [0.2, 0.25) is 11.4 Å². The molecule has 6 heteroatoms. The van der Waals surface area contributed by atoms with Crippen LogP contribution in [0.1, 0.15) is 21.5 Å². The standard InChI is InChI=1S/C24H22O6/c1-28-19-13-14-20(22(15-19)29-2)21(25)16-30-23(26)24(27,17-9-5-3-6-10-17)18-11-7-4-8-12-18/h3-15,27H,16H2,1-2H3. The Morgan fingerprint density at radius 3 is 1.90 bits per heavy atom. The Kier molecular flexibility index (Phi) is 6.49. The molecule has 0 amide bonds. The molecule has 0 bridgehead atoms. The molecule has 0 fully saturated rings. The second-order valence-corrected chi connectivity index (χ2v) is 6.51. The first-order chi connectivity index (χ1) is 14.5. The van der Waals surface area contributed by atoms with Crippen molar-refractivity contribution in [3.05, 3.63) is 95.6 Å². The third kappa shape index (κ3) is 4.18. The fourth-order valence-electron chi connectivity index (χ4n) is 3.10. The van der Waals surface area contributed by atoms with E-state index in [1.165, 1.54) is 20.3 Å². The zero-order valence-electron chi connectivity index (χ0n) is 16.7. The summed E-state index contributed by atoms with van der Waals surface area (Å²) in [7, 11) is 2.94. The molecule has 0 saturated heterocycles. The summed E-state index contributed by atoms with van der Waals surface area (Å²) < 4.78 is 15.6. The van der Waals surface area contributed by atoms with Crippen molar-refractivity contribution in [1.82, 2.24) is 0 Å². The van der Waals surface area contributed by atoms with Crippen LogP contribution >= 0.6 is 0 Å². The van der Waals surface area contributed by atoms with Crippen molar-refractivity contribution in [2.75, 3.05) is 20.8 Å². The molecular formula is C24H22O6. The zero-order valence-corrected chi connectivity index (χ0v) is 16.7. The second kappa shape index (κ2) is 9.24. The van der Waals surface area contributed by atoms with Crippen LogP contribution in [-0.4, -0.2) is 37.7 Å². The molecule has 0 heterocycles. The van der Waals surface area contributed by atoms with Crippen molar-refractivity contribution in [2.24, 2.45) is 0 Å². The first kappa shape index (κ1) is 21.1. The first-order valence-electron chi connectivity index (χ1n) is 9.26. The number of esters is 1. The van der Waals surface area contributed by atoms with Gasteiger partial charge in [-0.3, -0.25) is 4.79 Å². The van der Waals surface area contributed by atoms with Gasteiger partial charge in [-0.1, -0.05) is 60.7 Å². The van der Waals surface area contributed by atoms with Crippen LogP contribution in [0.4, 0.5) is 0 Å². The van der Waals surface area contributed by atoms with Crippen molar-refractivity contribution in [1.29, 1.82) is 0 Å². The lowest BCUT2D eigenvalue weighted by molar-refractivity contribution is -0.160. The molecule has 0 unspecified atom stereocenters. The summed E-state index contributed by atoms with van der Waals surface area (Å²) in [6.45, 7) is -0.552. The third-order valence-electron chi connectivity index (χ3n) is 4.72. The monoisotopic (exact) mass is 406 g/mol. The van der Waals surface area contributed by atoms with Crippen molar-refractivity contribution < 1.29 is 28.9 Å². The van der Waals surface area contributed by atoms with Crippen LogP contribution in [0, 0.1) is 0 Å². The maximum atomic E-state index is 13.0. The lowest BCUT2D eigenvalue weighted by atomic mass is 9.86. The Morgan fingerprint density at radius 1 is 0.833 bits per heavy atom. The van der Waals surface area contributed by atoms with E-state index >= 15 is 0 Å². The lowest BCUT2D eigenvalue weighted by Crippen LogP contribution is -2.39. The minimum absolute atomic E-state index is 0.245. The van der Waals surface area contributed by atoms with Crippen LogP contribution in [0.5, 0.6) is 11.5 Å². The number of carbonyl (C=O) groups excluding carboxylic acids is 2. The number of rotatable bonds is 8. The predicted molar refractivity (Wildman–Crippen MR) is 111 cm³/mol. The summed E-state index contributed by atoms with van der Waals surface area (Å²) in [4.78, 5) is 25.6. The third-order valence-corrected chi connectivity index (χ3v) is 4.72. The van der Waals surface area contributed by atoms with E-state index in [1.807, 2.05) is 0 Å². The minimum atomic E-state index is -2.05. The number of hydrogen-bond donors (Lipinski definition) is 1. The number of Topliss-reactive ketones (excluding diaryl/α,β-unsaturated/α-hetero) is 1. The molecule has 30 heavy (non-hydrogen) atoms. The number of ketones is 1. The molecule has 154 valence electrons. The quantitative estimate of drug-likeness (QED) is 0.456. The Balaban J connectivity index is 1.85. The number of hydrogen-bond acceptors (Lipinski definition) is 6. The van der Waals surface area contributed by atoms with E-state index in [0.29, 0.717) is 22.6 Å². The summed E-state index contributed by atoms with van der Waals surface area (Å²) in [6, 6.07) is 21.6. The van der Waals surface area contributed by atoms with E-state index < -0.39 is 24.0 Å². The number of methoxy groups -OCH3 is 2. The highest BCUT2D eigenvalue weighted by atomic mass is 16.6. The van der Waals surface area contributed by atoms with Gasteiger partial charge in [0, 0.05) is 6.07 Å². The summed E-state index contributed by atoms with van der Waals surface area (Å²) in [5.41, 5.74) is -1.12. The van der Waals surface area contributed by atoms with E-state index in [1.54, 1.807) is 72.8 Å². The number of benzene rings is 3. The highest BCUT2D eigenvalue weighted by Gasteiger charge is 2.41. The predicted octanol–water partition coefficient (Wildman–Crippen LogP) is 3.37. The summed E-state index contributed by atoms with van der Waals surface area (Å²) in [5, 5.41) is 11.3. The fourth-order valence-corrected chi connectivity index (χ4v) is 3.10. The second-order valence-electron chi connectivity index (χ2n) is 6.51. The molecule has 0 atom stereocenters. The van der Waals surface area contributed by atoms with Gasteiger partial charge in [-0.2, -0.15) is 0 Å². The Hall–Kier alpha value is -3.64. The van der Waals surface area contributed by atoms with Gasteiger partial charge in [0.05, 0.1) is 19.8 Å². The van der Waals surface area contributed by atoms with Gasteiger partial charge in [-0.05, 0) is 23.3 Å². The topological polar surface area (TPSA) is 82.1 Å². The van der Waals surface area contributed by atoms with E-state index in [4.69, 9.17) is 14.2 Å². The average molecular weight is 406 g/mol. The first-order valence-corrected chi connectivity index (χ1v) is 9.26. The Morgan fingerprint density at radius 2 is 1.40 bits per heavy atom. The van der Waals surface area contributed by atoms with Gasteiger partial charge in [0.15, 0.2) is 6.61 Å². The van der Waals surface area contributed by atoms with Crippen LogP contribution in [0.25, 0.3) is 0 Å². The average Bonchev–Trinajstić information content (AvgIpc) is 2.82. The Labute approximate surface area is 174 Å². The van der Waals surface area contributed by atoms with E-state index in [2.05, 4.69) is 0 Å². The van der Waals surface area contributed by atoms with Gasteiger partial charge >= 0.3 is 5.97 Å². The summed E-state index contributed by atoms with van der Waals surface area (Å²) in [5.74, 6) is -0.577. The van der Waals surface area contributed by atoms with Crippen molar-refractivity contribution in [3.63, 3.8) is 0 Å². The molecule has 3 aromatic carbocycles. The molecular weight excluding hydrogens is 384 g/mol. The van der Waals surface area contributed by atoms with Gasteiger partial charge < -0.3 is 19.3 Å². The van der Waals surface area contributed by atoms with Gasteiger partial charge in [-0.25, -0.2) is 4.79 Å². The SMILES string of the molecule is COc1ccc(C(=O)COC(=O)C(O)(c2ccccc2)c2ccccc2)c(OC)c1. The minimum Gasteiger partial charge on any atom is -0.497 e. The molecule has 6 nitrogen and oxygen atoms in total. The zero-order chi connectivity index (χ0) is 21.6. The molecule has 0 aliphatic carbocycles. The van der Waals surface area contributed by atoms with Crippen LogP contribution in [0.3, 0.4) is 0 Å². The summed E-state index contributed by atoms with van der Waals surface area (Å²) in [6.07, 6.45) is 0. The van der Waals surface area contributed by atoms with Crippen molar-refractivity contribution in [3.8, 4) is 11.5 Å². The largest absolute Gasteiger partial charge is 0.497 e. The van der Waals surface area contributed by atoms with Gasteiger partial charge in [-0.15, -0.1) is 0 Å². The van der Waals surface area contributed by atoms with Crippen molar-refractivity contribution in [2.45, 2.75) is 5.60 Å². The molecule has 3 rings (SSSR count). The van der Waals surface area contributed by atoms with Crippen molar-refractivity contribution >= 4 is 11.8 Å². The summed E-state index contributed by atoms with van der Waals surface area (Å²) >= 11 is 0. The normalized spacial score (nSPS) is 10.9. The van der Waals surface area contributed by atoms with Gasteiger partial charge in [0.1, 0.15) is 11.5 Å². The molecule has 0 aliphatic heterocycles. The highest BCUT2D eigenvalue weighted by molar-refractivity contribution is 6.01. The number of aliphatic hydroxyl groups is 1. The van der Waals surface area contributed by atoms with Crippen LogP contribution in [-0.2, 0) is 15.1 Å². The lowest BCUT2D eigenvalue weighted by Gasteiger charge is -2.27. The Bertz CT molecular complexity index is 975. The maximum absolute atomic E-state index is 13.0. The highest BCUT2D eigenvalue weighted by Crippen LogP contribution is 2.31. The fraction of sp³-hybridized carbons (Fsp3) is 0.167. The maximum Gasteiger partial charge on any atom is 0.348 e. The molecule has 0 saturated carbocycles. The van der Waals surface area contributed by atoms with Crippen LogP contribution in [0.15, 0.2) is 78.9 Å². The molecule has 0 radical (unpaired) electrons. The van der Waals surface area contributed by atoms with E-state index in [0.717, 1.165) is 0 Å². The molecule has 0 aliphatic rings. The number of ether oxygens (including phenoxy) is 3.